The number of aromatic nitrogens is 2. The zero-order valence-electron chi connectivity index (χ0n) is 7.23. The number of nitrogens with two attached hydrogens (primary N) is 1. The number of hydrogen-bond acceptors (Lipinski definition) is 5. The predicted molar refractivity (Wildman–Crippen MR) is 46.3 cm³/mol. The summed E-state index contributed by atoms with van der Waals surface area (Å²) < 4.78 is 0. The zero-order valence-corrected chi connectivity index (χ0v) is 7.23. The van der Waals surface area contributed by atoms with E-state index in [1.165, 1.54) is 6.33 Å². The van der Waals surface area contributed by atoms with Gasteiger partial charge in [0.2, 0.25) is 6.08 Å². The second kappa shape index (κ2) is 6.53. The largest absolute Gasteiger partial charge is 0.480 e. The van der Waals surface area contributed by atoms with E-state index in [2.05, 4.69) is 9.97 Å². The van der Waals surface area contributed by atoms with Gasteiger partial charge in [0.05, 0.1) is 12.0 Å². The number of carbonyl (C=O) groups excluding carboxylic acids is 1. The Labute approximate surface area is 79.5 Å². The molecule has 0 amide bonds. The molecular weight excluding hydrogens is 188 g/mol. The van der Waals surface area contributed by atoms with Crippen LogP contribution in [-0.2, 0) is 16.0 Å². The molecule has 0 bridgehead atoms. The average Bonchev–Trinajstić information content (AvgIpc) is 2.58. The topological polar surface area (TPSA) is 133 Å². The lowest BCUT2D eigenvalue weighted by Crippen LogP contribution is -2.32. The molecule has 5 N–H and O–H groups in total. The van der Waals surface area contributed by atoms with Crippen LogP contribution < -0.4 is 5.73 Å². The summed E-state index contributed by atoms with van der Waals surface area (Å²) in [5.41, 5.74) is 5.92. The van der Waals surface area contributed by atoms with Gasteiger partial charge < -0.3 is 15.8 Å². The SMILES string of the molecule is N=C=O.NC(Cc1c[nH]cn1)C(=O)O. The Hall–Kier alpha value is -1.98. The number of isocyanates is 1. The van der Waals surface area contributed by atoms with Crippen molar-refractivity contribution in [3.8, 4) is 0 Å². The monoisotopic (exact) mass is 198 g/mol. The maximum atomic E-state index is 10.3. The van der Waals surface area contributed by atoms with Gasteiger partial charge in [-0.25, -0.2) is 15.2 Å². The fourth-order valence-corrected chi connectivity index (χ4v) is 0.715. The van der Waals surface area contributed by atoms with E-state index >= 15 is 0 Å². The van der Waals surface area contributed by atoms with Crippen molar-refractivity contribution in [1.82, 2.24) is 9.97 Å². The second-order valence-electron chi connectivity index (χ2n) is 2.31. The Morgan fingerprint density at radius 2 is 2.43 bits per heavy atom. The molecule has 0 saturated heterocycles. The van der Waals surface area contributed by atoms with Gasteiger partial charge in [0.15, 0.2) is 0 Å². The maximum absolute atomic E-state index is 10.3. The molecule has 1 heterocycles. The van der Waals surface area contributed by atoms with Gasteiger partial charge in [0.1, 0.15) is 6.04 Å². The summed E-state index contributed by atoms with van der Waals surface area (Å²) in [6, 6.07) is -0.863. The van der Waals surface area contributed by atoms with Gasteiger partial charge in [0.25, 0.3) is 0 Å². The minimum atomic E-state index is -1.01. The van der Waals surface area contributed by atoms with E-state index in [0.29, 0.717) is 5.69 Å². The molecule has 0 spiro atoms. The first-order valence-corrected chi connectivity index (χ1v) is 3.61. The van der Waals surface area contributed by atoms with Crippen molar-refractivity contribution in [2.24, 2.45) is 5.73 Å². The molecule has 1 atom stereocenters. The third-order valence-electron chi connectivity index (χ3n) is 1.30. The fourth-order valence-electron chi connectivity index (χ4n) is 0.715. The molecular formula is C7H10N4O3. The first-order valence-electron chi connectivity index (χ1n) is 3.61. The van der Waals surface area contributed by atoms with Crippen molar-refractivity contribution in [3.63, 3.8) is 0 Å². The third-order valence-corrected chi connectivity index (χ3v) is 1.30. The van der Waals surface area contributed by atoms with Crippen molar-refractivity contribution in [2.45, 2.75) is 12.5 Å². The number of carboxylic acids is 1. The molecule has 7 heteroatoms. The summed E-state index contributed by atoms with van der Waals surface area (Å²) in [5, 5.41) is 13.8. The lowest BCUT2D eigenvalue weighted by molar-refractivity contribution is -0.138. The van der Waals surface area contributed by atoms with Gasteiger partial charge in [-0.05, 0) is 0 Å². The van der Waals surface area contributed by atoms with E-state index in [9.17, 15) is 4.79 Å². The predicted octanol–water partition coefficient (Wildman–Crippen LogP) is -0.735. The zero-order chi connectivity index (χ0) is 11.0. The van der Waals surface area contributed by atoms with E-state index in [-0.39, 0.29) is 6.42 Å². The van der Waals surface area contributed by atoms with E-state index < -0.39 is 12.0 Å². The third kappa shape index (κ3) is 4.81. The van der Waals surface area contributed by atoms with E-state index in [4.69, 9.17) is 21.0 Å². The average molecular weight is 198 g/mol. The normalized spacial score (nSPS) is 10.6. The van der Waals surface area contributed by atoms with Crippen molar-refractivity contribution in [3.05, 3.63) is 18.2 Å². The Morgan fingerprint density at radius 3 is 2.79 bits per heavy atom. The van der Waals surface area contributed by atoms with Crippen molar-refractivity contribution >= 4 is 12.0 Å². The molecule has 0 aliphatic carbocycles. The molecule has 0 aliphatic heterocycles. The highest BCUT2D eigenvalue weighted by Gasteiger charge is 2.12. The van der Waals surface area contributed by atoms with Gasteiger partial charge in [-0.2, -0.15) is 0 Å². The smallest absolute Gasteiger partial charge is 0.320 e. The van der Waals surface area contributed by atoms with Gasteiger partial charge in [-0.1, -0.05) is 0 Å². The van der Waals surface area contributed by atoms with E-state index in [0.717, 1.165) is 6.08 Å². The standard InChI is InChI=1S/C6H9N3O2.CHNO/c7-5(6(10)11)1-4-2-8-3-9-4;2-1-3/h2-3,5H,1,7H2,(H,8,9)(H,10,11);2H. The van der Waals surface area contributed by atoms with Crippen LogP contribution in [0.4, 0.5) is 0 Å². The van der Waals surface area contributed by atoms with Crippen LogP contribution in [0.2, 0.25) is 0 Å². The summed E-state index contributed by atoms with van der Waals surface area (Å²) in [7, 11) is 0. The lowest BCUT2D eigenvalue weighted by atomic mass is 10.2. The van der Waals surface area contributed by atoms with Crippen LogP contribution in [0.25, 0.3) is 0 Å². The molecule has 1 aromatic heterocycles. The Kier molecular flexibility index (Phi) is 5.60. The highest BCUT2D eigenvalue weighted by atomic mass is 16.4. The highest BCUT2D eigenvalue weighted by Crippen LogP contribution is 1.95. The Balaban J connectivity index is 0.000000500. The van der Waals surface area contributed by atoms with Crippen LogP contribution in [0, 0.1) is 5.41 Å². The summed E-state index contributed by atoms with van der Waals surface area (Å²) in [6.07, 6.45) is 4.13. The number of nitrogens with one attached hydrogen (secondary N) is 2. The molecule has 14 heavy (non-hydrogen) atoms. The molecule has 0 radical (unpaired) electrons. The second-order valence-corrected chi connectivity index (χ2v) is 2.31. The van der Waals surface area contributed by atoms with E-state index in [1.54, 1.807) is 6.20 Å². The minimum Gasteiger partial charge on any atom is -0.480 e. The molecule has 7 nitrogen and oxygen atoms in total. The lowest BCUT2D eigenvalue weighted by Gasteiger charge is -2.01. The van der Waals surface area contributed by atoms with Crippen LogP contribution in [0.15, 0.2) is 12.5 Å². The quantitative estimate of drug-likeness (QED) is 0.375. The van der Waals surface area contributed by atoms with Crippen molar-refractivity contribution < 1.29 is 14.7 Å². The Morgan fingerprint density at radius 1 is 1.86 bits per heavy atom. The number of H-pyrrole nitrogens is 1. The number of carbonyl (C=O) groups is 1. The molecule has 0 aromatic carbocycles. The molecule has 76 valence electrons. The summed E-state index contributed by atoms with van der Waals surface area (Å²) in [6.45, 7) is 0. The van der Waals surface area contributed by atoms with Crippen LogP contribution in [0.1, 0.15) is 5.69 Å². The molecule has 1 unspecified atom stereocenters. The highest BCUT2D eigenvalue weighted by molar-refractivity contribution is 5.73. The van der Waals surface area contributed by atoms with Gasteiger partial charge in [-0.15, -0.1) is 0 Å². The van der Waals surface area contributed by atoms with Gasteiger partial charge >= 0.3 is 5.97 Å². The Bertz CT molecular complexity index is 303. The van der Waals surface area contributed by atoms with Crippen LogP contribution in [0.5, 0.6) is 0 Å². The van der Waals surface area contributed by atoms with Crippen LogP contribution in [0.3, 0.4) is 0 Å². The van der Waals surface area contributed by atoms with Gasteiger partial charge in [0, 0.05) is 12.6 Å². The first-order chi connectivity index (χ1) is 6.61. The fraction of sp³-hybridized carbons (Fsp3) is 0.286. The molecule has 0 aliphatic rings. The summed E-state index contributed by atoms with van der Waals surface area (Å²) >= 11 is 0. The summed E-state index contributed by atoms with van der Waals surface area (Å²) in [4.78, 5) is 25.2. The minimum absolute atomic E-state index is 0.263. The maximum Gasteiger partial charge on any atom is 0.320 e. The van der Waals surface area contributed by atoms with E-state index in [1.807, 2.05) is 0 Å². The number of rotatable bonds is 3. The number of aromatic amines is 1. The molecule has 0 saturated carbocycles. The molecule has 0 fully saturated rings. The number of imidazole rings is 1. The molecule has 1 aromatic rings. The number of aliphatic carboxylic acids is 1. The summed E-state index contributed by atoms with van der Waals surface area (Å²) in [5.74, 6) is -1.01. The number of carboxylic acid groups (broad SMARTS) is 1. The van der Waals surface area contributed by atoms with Crippen LogP contribution >= 0.6 is 0 Å². The van der Waals surface area contributed by atoms with Crippen molar-refractivity contribution in [2.75, 3.05) is 0 Å². The number of hydrogen-bond donors (Lipinski definition) is 4. The van der Waals surface area contributed by atoms with Gasteiger partial charge in [-0.3, -0.25) is 4.79 Å². The number of nitrogens with zero attached hydrogens (tertiary/aromatic N) is 1. The molecule has 1 rings (SSSR count). The van der Waals surface area contributed by atoms with Crippen molar-refractivity contribution in [1.29, 1.82) is 5.41 Å². The van der Waals surface area contributed by atoms with Crippen LogP contribution in [-0.4, -0.2) is 33.2 Å². The first kappa shape index (κ1) is 12.0.